The Balaban J connectivity index is 1.65. The summed E-state index contributed by atoms with van der Waals surface area (Å²) in [6.07, 6.45) is 7.31. The minimum Gasteiger partial charge on any atom is -0.308 e. The van der Waals surface area contributed by atoms with Crippen LogP contribution in [0.4, 0.5) is 0 Å². The molecule has 1 N–H and O–H groups in total. The van der Waals surface area contributed by atoms with Crippen LogP contribution in [-0.2, 0) is 6.54 Å². The van der Waals surface area contributed by atoms with Crippen LogP contribution in [0.2, 0.25) is 0 Å². The average Bonchev–Trinajstić information content (AvgIpc) is 3.08. The fourth-order valence-electron chi connectivity index (χ4n) is 2.55. The van der Waals surface area contributed by atoms with Gasteiger partial charge in [0.1, 0.15) is 5.01 Å². The second-order valence-electron chi connectivity index (χ2n) is 5.14. The molecular weight excluding hydrogens is 254 g/mol. The number of nitrogens with one attached hydrogen (secondary N) is 1. The normalized spacial score (nSPS) is 16.1. The quantitative estimate of drug-likeness (QED) is 0.925. The van der Waals surface area contributed by atoms with Crippen LogP contribution in [-0.4, -0.2) is 16.0 Å². The van der Waals surface area contributed by atoms with E-state index in [4.69, 9.17) is 0 Å². The maximum atomic E-state index is 4.54. The summed E-state index contributed by atoms with van der Waals surface area (Å²) in [5, 5.41) is 4.76. The smallest absolute Gasteiger partial charge is 0.107 e. The lowest BCUT2D eigenvalue weighted by molar-refractivity contribution is 0.523. The fraction of sp³-hybridized carbons (Fsp3) is 0.467. The molecule has 0 aromatic carbocycles. The van der Waals surface area contributed by atoms with Gasteiger partial charge >= 0.3 is 0 Å². The Morgan fingerprint density at radius 1 is 1.32 bits per heavy atom. The van der Waals surface area contributed by atoms with Crippen molar-refractivity contribution in [2.45, 2.75) is 45.2 Å². The van der Waals surface area contributed by atoms with Crippen LogP contribution in [0.25, 0.3) is 10.6 Å². The zero-order valence-corrected chi connectivity index (χ0v) is 12.0. The summed E-state index contributed by atoms with van der Waals surface area (Å²) in [7, 11) is 0. The van der Waals surface area contributed by atoms with E-state index in [1.54, 1.807) is 11.3 Å². The van der Waals surface area contributed by atoms with Gasteiger partial charge in [0.05, 0.1) is 10.6 Å². The van der Waals surface area contributed by atoms with Gasteiger partial charge in [0.25, 0.3) is 0 Å². The van der Waals surface area contributed by atoms with Gasteiger partial charge in [-0.1, -0.05) is 18.9 Å². The second kappa shape index (κ2) is 5.80. The summed E-state index contributed by atoms with van der Waals surface area (Å²) in [5.41, 5.74) is 2.08. The molecule has 0 aliphatic heterocycles. The van der Waals surface area contributed by atoms with E-state index >= 15 is 0 Å². The van der Waals surface area contributed by atoms with Gasteiger partial charge in [-0.15, -0.1) is 11.3 Å². The Labute approximate surface area is 118 Å². The van der Waals surface area contributed by atoms with E-state index in [1.807, 2.05) is 25.3 Å². The number of thiazole rings is 1. The highest BCUT2D eigenvalue weighted by Crippen LogP contribution is 2.25. The second-order valence-corrected chi connectivity index (χ2v) is 6.26. The standard InChI is InChI=1S/C15H19N3S/c1-11-5-4-8-13(18-11)14-9-17-15(19-14)10-16-12-6-2-3-7-12/h4-5,8-9,12,16H,2-3,6-7,10H2,1H3. The Bertz CT molecular complexity index is 544. The summed E-state index contributed by atoms with van der Waals surface area (Å²) >= 11 is 1.74. The van der Waals surface area contributed by atoms with E-state index in [0.717, 1.165) is 27.8 Å². The first-order valence-corrected chi connectivity index (χ1v) is 7.75. The van der Waals surface area contributed by atoms with Gasteiger partial charge in [0, 0.05) is 24.5 Å². The molecule has 3 nitrogen and oxygen atoms in total. The summed E-state index contributed by atoms with van der Waals surface area (Å²) in [6.45, 7) is 2.91. The molecule has 0 bridgehead atoms. The lowest BCUT2D eigenvalue weighted by Gasteiger charge is -2.09. The molecule has 1 aliphatic rings. The van der Waals surface area contributed by atoms with Crippen LogP contribution in [0.1, 0.15) is 36.4 Å². The Morgan fingerprint density at radius 2 is 2.16 bits per heavy atom. The highest BCUT2D eigenvalue weighted by Gasteiger charge is 2.14. The molecule has 3 rings (SSSR count). The van der Waals surface area contributed by atoms with Crippen molar-refractivity contribution in [3.8, 4) is 10.6 Å². The highest BCUT2D eigenvalue weighted by atomic mass is 32.1. The molecule has 1 saturated carbocycles. The first-order chi connectivity index (χ1) is 9.31. The maximum absolute atomic E-state index is 4.54. The zero-order valence-electron chi connectivity index (χ0n) is 11.2. The summed E-state index contributed by atoms with van der Waals surface area (Å²) in [5.74, 6) is 0. The van der Waals surface area contributed by atoms with Gasteiger partial charge in [0.2, 0.25) is 0 Å². The van der Waals surface area contributed by atoms with E-state index in [0.29, 0.717) is 6.04 Å². The van der Waals surface area contributed by atoms with Crippen LogP contribution in [0.3, 0.4) is 0 Å². The molecule has 0 amide bonds. The molecule has 2 aromatic heterocycles. The lowest BCUT2D eigenvalue weighted by atomic mass is 10.2. The van der Waals surface area contributed by atoms with Crippen molar-refractivity contribution in [2.24, 2.45) is 0 Å². The monoisotopic (exact) mass is 273 g/mol. The maximum Gasteiger partial charge on any atom is 0.107 e. The number of pyridine rings is 1. The minimum atomic E-state index is 0.699. The van der Waals surface area contributed by atoms with Gasteiger partial charge in [-0.25, -0.2) is 4.98 Å². The van der Waals surface area contributed by atoms with Crippen molar-refractivity contribution in [2.75, 3.05) is 0 Å². The SMILES string of the molecule is Cc1cccc(-c2cnc(CNC3CCCC3)s2)n1. The predicted molar refractivity (Wildman–Crippen MR) is 79.2 cm³/mol. The molecule has 0 atom stereocenters. The Morgan fingerprint density at radius 3 is 2.95 bits per heavy atom. The van der Waals surface area contributed by atoms with Crippen LogP contribution in [0, 0.1) is 6.92 Å². The highest BCUT2D eigenvalue weighted by molar-refractivity contribution is 7.15. The first-order valence-electron chi connectivity index (χ1n) is 6.93. The van der Waals surface area contributed by atoms with Crippen molar-refractivity contribution in [3.05, 3.63) is 35.1 Å². The van der Waals surface area contributed by atoms with Gasteiger partial charge < -0.3 is 5.32 Å². The number of hydrogen-bond acceptors (Lipinski definition) is 4. The lowest BCUT2D eigenvalue weighted by Crippen LogP contribution is -2.25. The van der Waals surface area contributed by atoms with E-state index in [2.05, 4.69) is 21.4 Å². The third kappa shape index (κ3) is 3.19. The molecule has 1 aliphatic carbocycles. The molecule has 0 unspecified atom stereocenters. The summed E-state index contributed by atoms with van der Waals surface area (Å²) in [6, 6.07) is 6.82. The fourth-order valence-corrected chi connectivity index (χ4v) is 3.39. The molecule has 2 aromatic rings. The Hall–Kier alpha value is -1.26. The van der Waals surface area contributed by atoms with Gasteiger partial charge in [-0.05, 0) is 31.9 Å². The molecule has 0 spiro atoms. The molecule has 4 heteroatoms. The minimum absolute atomic E-state index is 0.699. The van der Waals surface area contributed by atoms with E-state index in [1.165, 1.54) is 25.7 Å². The third-order valence-electron chi connectivity index (χ3n) is 3.59. The number of aryl methyl sites for hydroxylation is 1. The summed E-state index contributed by atoms with van der Waals surface area (Å²) < 4.78 is 0. The molecule has 19 heavy (non-hydrogen) atoms. The van der Waals surface area contributed by atoms with Crippen molar-refractivity contribution < 1.29 is 0 Å². The molecule has 2 heterocycles. The molecule has 0 saturated heterocycles. The molecule has 0 radical (unpaired) electrons. The predicted octanol–water partition coefficient (Wildman–Crippen LogP) is 3.55. The number of aromatic nitrogens is 2. The Kier molecular flexibility index (Phi) is 3.89. The van der Waals surface area contributed by atoms with Crippen LogP contribution in [0.5, 0.6) is 0 Å². The van der Waals surface area contributed by atoms with E-state index < -0.39 is 0 Å². The molecule has 100 valence electrons. The van der Waals surface area contributed by atoms with Crippen LogP contribution in [0.15, 0.2) is 24.4 Å². The average molecular weight is 273 g/mol. The summed E-state index contributed by atoms with van der Waals surface area (Å²) in [4.78, 5) is 10.2. The first kappa shape index (κ1) is 12.8. The van der Waals surface area contributed by atoms with Crippen molar-refractivity contribution >= 4 is 11.3 Å². The number of rotatable bonds is 4. The topological polar surface area (TPSA) is 37.8 Å². The molecule has 1 fully saturated rings. The number of nitrogens with zero attached hydrogens (tertiary/aromatic N) is 2. The van der Waals surface area contributed by atoms with Crippen molar-refractivity contribution in [1.82, 2.24) is 15.3 Å². The van der Waals surface area contributed by atoms with Gasteiger partial charge in [-0.2, -0.15) is 0 Å². The molecular formula is C15H19N3S. The van der Waals surface area contributed by atoms with Crippen LogP contribution >= 0.6 is 11.3 Å². The number of hydrogen-bond donors (Lipinski definition) is 1. The van der Waals surface area contributed by atoms with Crippen LogP contribution < -0.4 is 5.32 Å². The van der Waals surface area contributed by atoms with Gasteiger partial charge in [-0.3, -0.25) is 4.98 Å². The van der Waals surface area contributed by atoms with E-state index in [-0.39, 0.29) is 0 Å². The largest absolute Gasteiger partial charge is 0.308 e. The zero-order chi connectivity index (χ0) is 13.1. The third-order valence-corrected chi connectivity index (χ3v) is 4.61. The van der Waals surface area contributed by atoms with Crippen molar-refractivity contribution in [1.29, 1.82) is 0 Å². The van der Waals surface area contributed by atoms with Gasteiger partial charge in [0.15, 0.2) is 0 Å². The van der Waals surface area contributed by atoms with E-state index in [9.17, 15) is 0 Å². The van der Waals surface area contributed by atoms with Crippen molar-refractivity contribution in [3.63, 3.8) is 0 Å².